The average molecular weight is 270 g/mol. The van der Waals surface area contributed by atoms with E-state index in [1.165, 1.54) is 6.08 Å². The smallest absolute Gasteiger partial charge is 0.287 e. The van der Waals surface area contributed by atoms with E-state index in [4.69, 9.17) is 4.74 Å². The lowest BCUT2D eigenvalue weighted by atomic mass is 10.2. The zero-order valence-corrected chi connectivity index (χ0v) is 12.6. The van der Waals surface area contributed by atoms with Gasteiger partial charge in [0, 0.05) is 6.54 Å². The van der Waals surface area contributed by atoms with E-state index in [2.05, 4.69) is 5.32 Å². The molecule has 110 valence electrons. The second kappa shape index (κ2) is 9.55. The van der Waals surface area contributed by atoms with Crippen LogP contribution in [0.1, 0.15) is 47.5 Å². The Balaban J connectivity index is 0.00000154. The van der Waals surface area contributed by atoms with Gasteiger partial charge in [-0.05, 0) is 39.7 Å². The third-order valence-corrected chi connectivity index (χ3v) is 2.87. The van der Waals surface area contributed by atoms with Crippen molar-refractivity contribution >= 4 is 0 Å². The lowest BCUT2D eigenvalue weighted by Gasteiger charge is -2.14. The van der Waals surface area contributed by atoms with E-state index in [0.29, 0.717) is 18.3 Å². The van der Waals surface area contributed by atoms with E-state index in [1.54, 1.807) is 19.9 Å². The molecule has 1 saturated heterocycles. The fourth-order valence-electron chi connectivity index (χ4n) is 1.96. The summed E-state index contributed by atoms with van der Waals surface area (Å²) in [6.07, 6.45) is 5.74. The third-order valence-electron chi connectivity index (χ3n) is 2.87. The van der Waals surface area contributed by atoms with E-state index in [9.17, 15) is 10.1 Å². The Bertz CT molecular complexity index is 338. The Morgan fingerprint density at radius 3 is 2.37 bits per heavy atom. The second-order valence-electron chi connectivity index (χ2n) is 4.16. The maximum atomic E-state index is 10.8. The summed E-state index contributed by atoms with van der Waals surface area (Å²) in [5, 5.41) is 13.9. The van der Waals surface area contributed by atoms with Crippen LogP contribution in [0.15, 0.2) is 23.5 Å². The number of rotatable bonds is 5. The highest BCUT2D eigenvalue weighted by atomic mass is 16.6. The van der Waals surface area contributed by atoms with Crippen LogP contribution in [0.5, 0.6) is 0 Å². The molecule has 0 amide bonds. The van der Waals surface area contributed by atoms with Gasteiger partial charge in [0.25, 0.3) is 5.70 Å². The first-order valence-electron chi connectivity index (χ1n) is 6.95. The van der Waals surface area contributed by atoms with Crippen LogP contribution in [0.25, 0.3) is 0 Å². The van der Waals surface area contributed by atoms with Crippen molar-refractivity contribution in [3.63, 3.8) is 0 Å². The van der Waals surface area contributed by atoms with Crippen LogP contribution in [0.2, 0.25) is 0 Å². The molecule has 1 aliphatic rings. The van der Waals surface area contributed by atoms with Crippen molar-refractivity contribution in [3.8, 4) is 0 Å². The van der Waals surface area contributed by atoms with Crippen LogP contribution >= 0.6 is 0 Å². The molecule has 0 bridgehead atoms. The first-order valence-corrected chi connectivity index (χ1v) is 6.95. The lowest BCUT2D eigenvalue weighted by molar-refractivity contribution is -0.421. The van der Waals surface area contributed by atoms with Crippen LogP contribution in [0.4, 0.5) is 0 Å². The Labute approximate surface area is 115 Å². The molecule has 0 radical (unpaired) electrons. The van der Waals surface area contributed by atoms with Gasteiger partial charge >= 0.3 is 0 Å². The molecule has 0 aliphatic carbocycles. The summed E-state index contributed by atoms with van der Waals surface area (Å²) in [5.41, 5.74) is 0.666. The van der Waals surface area contributed by atoms with Gasteiger partial charge in [0.15, 0.2) is 0 Å². The fraction of sp³-hybridized carbons (Fsp3) is 0.714. The third kappa shape index (κ3) is 5.87. The maximum Gasteiger partial charge on any atom is 0.287 e. The SMILES string of the molecule is C/C=C(NCC1CCC(C)O1)\C(=C/C)[N+](=O)[O-].CC. The molecule has 0 aromatic rings. The Kier molecular flexibility index (Phi) is 8.87. The molecule has 1 heterocycles. The molecule has 1 fully saturated rings. The van der Waals surface area contributed by atoms with Gasteiger partial charge in [-0.2, -0.15) is 0 Å². The topological polar surface area (TPSA) is 64.4 Å². The molecule has 1 N–H and O–H groups in total. The number of allylic oxidation sites excluding steroid dienone is 2. The van der Waals surface area contributed by atoms with E-state index in [1.807, 2.05) is 20.8 Å². The number of hydrogen-bond donors (Lipinski definition) is 1. The minimum absolute atomic E-state index is 0.110. The molecule has 0 aromatic heterocycles. The Morgan fingerprint density at radius 2 is 2.00 bits per heavy atom. The first kappa shape index (κ1) is 17.6. The van der Waals surface area contributed by atoms with Crippen molar-refractivity contribution in [1.82, 2.24) is 5.32 Å². The summed E-state index contributed by atoms with van der Waals surface area (Å²) in [4.78, 5) is 10.4. The molecule has 0 saturated carbocycles. The van der Waals surface area contributed by atoms with E-state index < -0.39 is 0 Å². The quantitative estimate of drug-likeness (QED) is 0.473. The van der Waals surface area contributed by atoms with Crippen molar-refractivity contribution in [2.75, 3.05) is 6.54 Å². The van der Waals surface area contributed by atoms with Crippen LogP contribution in [0.3, 0.4) is 0 Å². The molecule has 0 aromatic carbocycles. The summed E-state index contributed by atoms with van der Waals surface area (Å²) < 4.78 is 5.65. The summed E-state index contributed by atoms with van der Waals surface area (Å²) in [6.45, 7) is 10.1. The zero-order valence-electron chi connectivity index (χ0n) is 12.6. The number of nitrogens with one attached hydrogen (secondary N) is 1. The standard InChI is InChI=1S/C12H20N2O3.C2H6/c1-4-11(12(5-2)14(15)16)13-8-10-7-6-9(3)17-10;1-2/h4-5,9-10,13H,6-8H2,1-3H3;1-2H3/b11-4+,12-5+;. The van der Waals surface area contributed by atoms with Gasteiger partial charge in [-0.3, -0.25) is 10.1 Å². The minimum Gasteiger partial charge on any atom is -0.377 e. The van der Waals surface area contributed by atoms with E-state index >= 15 is 0 Å². The monoisotopic (exact) mass is 270 g/mol. The van der Waals surface area contributed by atoms with Gasteiger partial charge in [0.05, 0.1) is 17.1 Å². The van der Waals surface area contributed by atoms with Gasteiger partial charge in [0.2, 0.25) is 0 Å². The summed E-state index contributed by atoms with van der Waals surface area (Å²) in [6, 6.07) is 0. The highest BCUT2D eigenvalue weighted by Crippen LogP contribution is 2.19. The summed E-state index contributed by atoms with van der Waals surface area (Å²) in [7, 11) is 0. The molecule has 5 nitrogen and oxygen atoms in total. The number of hydrogen-bond acceptors (Lipinski definition) is 4. The fourth-order valence-corrected chi connectivity index (χ4v) is 1.96. The van der Waals surface area contributed by atoms with Gasteiger partial charge in [-0.25, -0.2) is 0 Å². The van der Waals surface area contributed by atoms with Gasteiger partial charge in [-0.1, -0.05) is 19.9 Å². The number of nitro groups is 1. The van der Waals surface area contributed by atoms with Crippen molar-refractivity contribution in [2.45, 2.75) is 59.7 Å². The molecular formula is C14H26N2O3. The van der Waals surface area contributed by atoms with Crippen molar-refractivity contribution in [3.05, 3.63) is 33.7 Å². The van der Waals surface area contributed by atoms with Gasteiger partial charge < -0.3 is 10.1 Å². The average Bonchev–Trinajstić information content (AvgIpc) is 2.82. The molecule has 5 heteroatoms. The molecule has 2 atom stereocenters. The maximum absolute atomic E-state index is 10.8. The molecular weight excluding hydrogens is 244 g/mol. The van der Waals surface area contributed by atoms with Crippen LogP contribution in [0, 0.1) is 10.1 Å². The molecule has 19 heavy (non-hydrogen) atoms. The van der Waals surface area contributed by atoms with Crippen LogP contribution in [-0.2, 0) is 4.74 Å². The number of nitrogens with zero attached hydrogens (tertiary/aromatic N) is 1. The predicted octanol–water partition coefficient (Wildman–Crippen LogP) is 3.25. The molecule has 0 spiro atoms. The highest BCUT2D eigenvalue weighted by molar-refractivity contribution is 5.22. The van der Waals surface area contributed by atoms with Crippen molar-refractivity contribution in [2.24, 2.45) is 0 Å². The van der Waals surface area contributed by atoms with Crippen LogP contribution in [-0.4, -0.2) is 23.7 Å². The molecule has 1 aliphatic heterocycles. The Hall–Kier alpha value is -1.36. The molecule has 1 rings (SSSR count). The molecule has 2 unspecified atom stereocenters. The normalized spacial score (nSPS) is 23.6. The summed E-state index contributed by atoms with van der Waals surface area (Å²) in [5.74, 6) is 0. The van der Waals surface area contributed by atoms with Gasteiger partial charge in [-0.15, -0.1) is 0 Å². The van der Waals surface area contributed by atoms with Crippen LogP contribution < -0.4 is 5.32 Å². The first-order chi connectivity index (χ1) is 9.08. The summed E-state index contributed by atoms with van der Waals surface area (Å²) >= 11 is 0. The Morgan fingerprint density at radius 1 is 1.37 bits per heavy atom. The minimum atomic E-state index is -0.375. The highest BCUT2D eigenvalue weighted by Gasteiger charge is 2.23. The predicted molar refractivity (Wildman–Crippen MR) is 77.4 cm³/mol. The second-order valence-corrected chi connectivity index (χ2v) is 4.16. The largest absolute Gasteiger partial charge is 0.377 e. The van der Waals surface area contributed by atoms with Crippen molar-refractivity contribution in [1.29, 1.82) is 0 Å². The zero-order chi connectivity index (χ0) is 14.8. The van der Waals surface area contributed by atoms with E-state index in [0.717, 1.165) is 12.8 Å². The lowest BCUT2D eigenvalue weighted by Crippen LogP contribution is -2.28. The van der Waals surface area contributed by atoms with Crippen molar-refractivity contribution < 1.29 is 9.66 Å². The number of ether oxygens (including phenoxy) is 1. The van der Waals surface area contributed by atoms with E-state index in [-0.39, 0.29) is 16.7 Å². The van der Waals surface area contributed by atoms with Gasteiger partial charge in [0.1, 0.15) is 5.70 Å².